The minimum absolute atomic E-state index is 0. The van der Waals surface area contributed by atoms with Crippen molar-refractivity contribution in [2.24, 2.45) is 0 Å². The molecule has 0 aromatic rings. The first kappa shape index (κ1) is 27.1. The first-order chi connectivity index (χ1) is 0. The summed E-state index contributed by atoms with van der Waals surface area (Å²) in [5.74, 6) is 0. The summed E-state index contributed by atoms with van der Waals surface area (Å²) in [6.45, 7) is 0. The van der Waals surface area contributed by atoms with Crippen LogP contribution in [0.1, 0.15) is 0 Å². The van der Waals surface area contributed by atoms with E-state index in [2.05, 4.69) is 0 Å². The van der Waals surface area contributed by atoms with E-state index in [-0.39, 0.29) is 101 Å². The standard InChI is InChI=1S/Ba.Li.Mn.Ni. The third kappa shape index (κ3) is 8.95. The monoisotopic (exact) mass is 258 g/mol. The van der Waals surface area contributed by atoms with E-state index < -0.39 is 0 Å². The molecule has 0 aliphatic heterocycles. The van der Waals surface area contributed by atoms with Gasteiger partial charge in [0, 0.05) is 101 Å². The van der Waals surface area contributed by atoms with Crippen LogP contribution in [-0.4, -0.2) is 67.7 Å². The molecule has 20 valence electrons. The molecular formula is BaLiMnNi. The average molecular weight is 258 g/mol. The first-order valence-corrected chi connectivity index (χ1v) is 0. The first-order valence-electron chi connectivity index (χ1n) is 0. The van der Waals surface area contributed by atoms with Gasteiger partial charge in [0.05, 0.1) is 0 Å². The van der Waals surface area contributed by atoms with Gasteiger partial charge in [0.2, 0.25) is 0 Å². The summed E-state index contributed by atoms with van der Waals surface area (Å²) >= 11 is 0. The van der Waals surface area contributed by atoms with E-state index in [1.807, 2.05) is 0 Å². The predicted molar refractivity (Wildman–Crippen MR) is 11.5 cm³/mol. The fourth-order valence-electron chi connectivity index (χ4n) is 0. The third-order valence-electron chi connectivity index (χ3n) is 0. The molecule has 0 aliphatic carbocycles. The summed E-state index contributed by atoms with van der Waals surface area (Å²) in [7, 11) is 0. The van der Waals surface area contributed by atoms with Gasteiger partial charge in [-0.2, -0.15) is 0 Å². The second-order valence-electron chi connectivity index (χ2n) is 0. The number of hydrogen-bond acceptors (Lipinski definition) is 0. The summed E-state index contributed by atoms with van der Waals surface area (Å²) in [5, 5.41) is 0. The van der Waals surface area contributed by atoms with E-state index in [9.17, 15) is 0 Å². The SMILES string of the molecule is [Ba].[Li].[Mn].[Ni]. The van der Waals surface area contributed by atoms with E-state index in [0.29, 0.717) is 0 Å². The van der Waals surface area contributed by atoms with Gasteiger partial charge >= 0.3 is 0 Å². The van der Waals surface area contributed by atoms with E-state index in [4.69, 9.17) is 0 Å². The molecule has 0 aromatic heterocycles. The van der Waals surface area contributed by atoms with Gasteiger partial charge in [0.25, 0.3) is 0 Å². The van der Waals surface area contributed by atoms with Crippen LogP contribution in [0.4, 0.5) is 0 Å². The van der Waals surface area contributed by atoms with Gasteiger partial charge in [-0.1, -0.05) is 0 Å². The van der Waals surface area contributed by atoms with Crippen molar-refractivity contribution in [3.8, 4) is 0 Å². The molecule has 0 saturated heterocycles. The summed E-state index contributed by atoms with van der Waals surface area (Å²) in [4.78, 5) is 0. The van der Waals surface area contributed by atoms with Crippen molar-refractivity contribution in [1.82, 2.24) is 0 Å². The van der Waals surface area contributed by atoms with Crippen molar-refractivity contribution in [3.63, 3.8) is 0 Å². The Morgan fingerprint density at radius 3 is 1.00 bits per heavy atom. The predicted octanol–water partition coefficient (Wildman–Crippen LogP) is -0.767. The molecule has 0 unspecified atom stereocenters. The van der Waals surface area contributed by atoms with Gasteiger partial charge in [-0.3, -0.25) is 0 Å². The second kappa shape index (κ2) is 16.4. The van der Waals surface area contributed by atoms with Crippen molar-refractivity contribution in [3.05, 3.63) is 0 Å². The molecule has 0 N–H and O–H groups in total. The van der Waals surface area contributed by atoms with Gasteiger partial charge in [-0.05, 0) is 0 Å². The maximum atomic E-state index is 0. The normalized spacial score (nSPS) is 0. The molecule has 4 heavy (non-hydrogen) atoms. The molecule has 0 saturated carbocycles. The van der Waals surface area contributed by atoms with Gasteiger partial charge < -0.3 is 0 Å². The zero-order valence-electron chi connectivity index (χ0n) is 2.40. The Bertz CT molecular complexity index is 8.00. The van der Waals surface area contributed by atoms with Crippen molar-refractivity contribution >= 4 is 67.7 Å². The van der Waals surface area contributed by atoms with E-state index in [0.717, 1.165) is 0 Å². The molecule has 0 bridgehead atoms. The average Bonchev–Trinajstić information content (AvgIpc) is 0. The molecule has 0 amide bonds. The molecule has 0 aliphatic rings. The topological polar surface area (TPSA) is 0 Å². The zero-order valence-corrected chi connectivity index (χ0v) is 9.01. The largest absolute Gasteiger partial charge is 0 e. The molecule has 4 heteroatoms. The van der Waals surface area contributed by atoms with Crippen LogP contribution >= 0.6 is 0 Å². The van der Waals surface area contributed by atoms with Crippen molar-refractivity contribution in [2.75, 3.05) is 0 Å². The Hall–Kier alpha value is 3.18. The maximum absolute atomic E-state index is 0. The van der Waals surface area contributed by atoms with Gasteiger partial charge in [0.1, 0.15) is 0 Å². The van der Waals surface area contributed by atoms with E-state index in [1.54, 1.807) is 0 Å². The molecule has 0 atom stereocenters. The molecule has 0 rings (SSSR count). The van der Waals surface area contributed by atoms with Crippen LogP contribution in [0.2, 0.25) is 0 Å². The quantitative estimate of drug-likeness (QED) is 0.501. The molecule has 0 nitrogen and oxygen atoms in total. The van der Waals surface area contributed by atoms with Gasteiger partial charge in [-0.25, -0.2) is 0 Å². The molecule has 0 spiro atoms. The van der Waals surface area contributed by atoms with Crippen LogP contribution in [0.25, 0.3) is 0 Å². The summed E-state index contributed by atoms with van der Waals surface area (Å²) in [6, 6.07) is 0. The number of rotatable bonds is 0. The van der Waals surface area contributed by atoms with Gasteiger partial charge in [0.15, 0.2) is 0 Å². The van der Waals surface area contributed by atoms with E-state index >= 15 is 0 Å². The molecular weight excluding hydrogens is 258 g/mol. The van der Waals surface area contributed by atoms with E-state index in [1.165, 1.54) is 0 Å². The van der Waals surface area contributed by atoms with Crippen molar-refractivity contribution in [2.45, 2.75) is 0 Å². The van der Waals surface area contributed by atoms with Crippen molar-refractivity contribution < 1.29 is 33.6 Å². The van der Waals surface area contributed by atoms with Gasteiger partial charge in [-0.15, -0.1) is 0 Å². The Morgan fingerprint density at radius 2 is 1.00 bits per heavy atom. The van der Waals surface area contributed by atoms with Crippen LogP contribution in [-0.2, 0) is 33.6 Å². The van der Waals surface area contributed by atoms with Crippen LogP contribution in [0, 0.1) is 0 Å². The molecule has 4 radical (unpaired) electrons. The van der Waals surface area contributed by atoms with Crippen LogP contribution in [0.5, 0.6) is 0 Å². The number of hydrogen-bond donors (Lipinski definition) is 0. The zero-order chi connectivity index (χ0) is 0. The summed E-state index contributed by atoms with van der Waals surface area (Å²) in [6.07, 6.45) is 0. The van der Waals surface area contributed by atoms with Crippen LogP contribution in [0.3, 0.4) is 0 Å². The fraction of sp³-hybridized carbons (Fsp3) is 0. The summed E-state index contributed by atoms with van der Waals surface area (Å²) < 4.78 is 0. The minimum atomic E-state index is 0. The Kier molecular flexibility index (Phi) is 111. The second-order valence-corrected chi connectivity index (χ2v) is 0. The van der Waals surface area contributed by atoms with Crippen LogP contribution < -0.4 is 0 Å². The maximum Gasteiger partial charge on any atom is 0 e. The Morgan fingerprint density at radius 1 is 1.00 bits per heavy atom. The Balaban J connectivity index is 0. The Labute approximate surface area is 98.9 Å². The smallest absolute Gasteiger partial charge is 0 e. The molecule has 0 fully saturated rings. The summed E-state index contributed by atoms with van der Waals surface area (Å²) in [5.41, 5.74) is 0. The fourth-order valence-corrected chi connectivity index (χ4v) is 0. The third-order valence-corrected chi connectivity index (χ3v) is 0. The minimum Gasteiger partial charge on any atom is 0 e. The van der Waals surface area contributed by atoms with Crippen LogP contribution in [0.15, 0.2) is 0 Å². The van der Waals surface area contributed by atoms with Crippen molar-refractivity contribution in [1.29, 1.82) is 0 Å². The molecule has 0 heterocycles. The molecule has 0 aromatic carbocycles.